The molecule has 0 saturated carbocycles. The van der Waals surface area contributed by atoms with E-state index in [0.29, 0.717) is 6.04 Å². The van der Waals surface area contributed by atoms with E-state index in [2.05, 4.69) is 53.7 Å². The largest absolute Gasteiger partial charge is 0.310 e. The zero-order valence-electron chi connectivity index (χ0n) is 11.7. The molecule has 0 aliphatic rings. The van der Waals surface area contributed by atoms with Crippen molar-refractivity contribution >= 4 is 5.52 Å². The summed E-state index contributed by atoms with van der Waals surface area (Å²) < 4.78 is 1.92. The molecule has 0 aliphatic heterocycles. The molecule has 2 aromatic heterocycles. The molecule has 1 N–H and O–H groups in total. The third-order valence-corrected chi connectivity index (χ3v) is 3.53. The van der Waals surface area contributed by atoms with Gasteiger partial charge in [0.05, 0.1) is 11.7 Å². The fraction of sp³-hybridized carbons (Fsp3) is 0.235. The van der Waals surface area contributed by atoms with E-state index in [4.69, 9.17) is 0 Å². The predicted octanol–water partition coefficient (Wildman–Crippen LogP) is 3.06. The van der Waals surface area contributed by atoms with Crippen LogP contribution >= 0.6 is 0 Å². The molecule has 0 saturated heterocycles. The van der Waals surface area contributed by atoms with E-state index in [9.17, 15) is 0 Å². The number of rotatable bonds is 5. The summed E-state index contributed by atoms with van der Waals surface area (Å²) in [7, 11) is 0. The quantitative estimate of drug-likeness (QED) is 0.768. The monoisotopic (exact) mass is 265 g/mol. The van der Waals surface area contributed by atoms with Crippen LogP contribution in [0.5, 0.6) is 0 Å². The van der Waals surface area contributed by atoms with Crippen molar-refractivity contribution < 1.29 is 0 Å². The SMILES string of the molecule is CC(Cc1ccccc1)NCc1cnn2ccccc12. The molecular formula is C17H19N3. The minimum Gasteiger partial charge on any atom is -0.310 e. The van der Waals surface area contributed by atoms with Crippen molar-refractivity contribution in [1.29, 1.82) is 0 Å². The van der Waals surface area contributed by atoms with Crippen LogP contribution in [-0.2, 0) is 13.0 Å². The van der Waals surface area contributed by atoms with Crippen LogP contribution in [0.4, 0.5) is 0 Å². The summed E-state index contributed by atoms with van der Waals surface area (Å²) in [5, 5.41) is 7.93. The Morgan fingerprint density at radius 1 is 1.10 bits per heavy atom. The zero-order chi connectivity index (χ0) is 13.8. The van der Waals surface area contributed by atoms with Gasteiger partial charge >= 0.3 is 0 Å². The lowest BCUT2D eigenvalue weighted by Gasteiger charge is -2.13. The predicted molar refractivity (Wildman–Crippen MR) is 81.6 cm³/mol. The van der Waals surface area contributed by atoms with Gasteiger partial charge in [-0.15, -0.1) is 0 Å². The normalized spacial score (nSPS) is 12.7. The van der Waals surface area contributed by atoms with E-state index in [1.807, 2.05) is 29.0 Å². The summed E-state index contributed by atoms with van der Waals surface area (Å²) in [6.45, 7) is 3.07. The lowest BCUT2D eigenvalue weighted by Crippen LogP contribution is -2.27. The maximum Gasteiger partial charge on any atom is 0.0706 e. The molecule has 1 aromatic carbocycles. The van der Waals surface area contributed by atoms with Gasteiger partial charge in [0.2, 0.25) is 0 Å². The molecule has 1 atom stereocenters. The first kappa shape index (κ1) is 12.9. The number of pyridine rings is 1. The first-order chi connectivity index (χ1) is 9.83. The first-order valence-corrected chi connectivity index (χ1v) is 7.01. The van der Waals surface area contributed by atoms with Gasteiger partial charge in [-0.25, -0.2) is 4.52 Å². The molecule has 102 valence electrons. The van der Waals surface area contributed by atoms with Crippen molar-refractivity contribution in [1.82, 2.24) is 14.9 Å². The Hall–Kier alpha value is -2.13. The second-order valence-corrected chi connectivity index (χ2v) is 5.17. The summed E-state index contributed by atoms with van der Waals surface area (Å²) in [4.78, 5) is 0. The molecule has 0 fully saturated rings. The van der Waals surface area contributed by atoms with Gasteiger partial charge in [0.1, 0.15) is 0 Å². The number of fused-ring (bicyclic) bond motifs is 1. The Balaban J connectivity index is 1.62. The molecule has 0 radical (unpaired) electrons. The van der Waals surface area contributed by atoms with E-state index < -0.39 is 0 Å². The molecule has 0 amide bonds. The Morgan fingerprint density at radius 3 is 2.75 bits per heavy atom. The van der Waals surface area contributed by atoms with Crippen molar-refractivity contribution in [3.8, 4) is 0 Å². The van der Waals surface area contributed by atoms with E-state index in [1.54, 1.807) is 0 Å². The topological polar surface area (TPSA) is 29.3 Å². The van der Waals surface area contributed by atoms with Gasteiger partial charge in [0, 0.05) is 24.3 Å². The standard InChI is InChI=1S/C17H19N3/c1-14(11-15-7-3-2-4-8-15)18-12-16-13-19-20-10-6-5-9-17(16)20/h2-10,13-14,18H,11-12H2,1H3. The van der Waals surface area contributed by atoms with Gasteiger partial charge in [-0.3, -0.25) is 0 Å². The van der Waals surface area contributed by atoms with Crippen molar-refractivity contribution in [3.05, 3.63) is 72.1 Å². The average Bonchev–Trinajstić information content (AvgIpc) is 2.89. The molecule has 20 heavy (non-hydrogen) atoms. The van der Waals surface area contributed by atoms with Gasteiger partial charge in [0.25, 0.3) is 0 Å². The lowest BCUT2D eigenvalue weighted by atomic mass is 10.1. The number of hydrogen-bond acceptors (Lipinski definition) is 2. The lowest BCUT2D eigenvalue weighted by molar-refractivity contribution is 0.547. The third-order valence-electron chi connectivity index (χ3n) is 3.53. The Morgan fingerprint density at radius 2 is 1.90 bits per heavy atom. The van der Waals surface area contributed by atoms with E-state index in [-0.39, 0.29) is 0 Å². The maximum absolute atomic E-state index is 4.36. The molecule has 3 aromatic rings. The summed E-state index contributed by atoms with van der Waals surface area (Å²) >= 11 is 0. The number of aromatic nitrogens is 2. The third kappa shape index (κ3) is 2.89. The van der Waals surface area contributed by atoms with Crippen LogP contribution in [0.1, 0.15) is 18.1 Å². The van der Waals surface area contributed by atoms with Crippen molar-refractivity contribution in [2.45, 2.75) is 25.9 Å². The number of hydrogen-bond donors (Lipinski definition) is 1. The fourth-order valence-corrected chi connectivity index (χ4v) is 2.45. The van der Waals surface area contributed by atoms with E-state index in [1.165, 1.54) is 16.6 Å². The van der Waals surface area contributed by atoms with E-state index in [0.717, 1.165) is 13.0 Å². The van der Waals surface area contributed by atoms with Crippen LogP contribution in [0, 0.1) is 0 Å². The summed E-state index contributed by atoms with van der Waals surface area (Å²) in [6, 6.07) is 17.2. The molecule has 3 rings (SSSR count). The van der Waals surface area contributed by atoms with Crippen molar-refractivity contribution in [2.75, 3.05) is 0 Å². The second-order valence-electron chi connectivity index (χ2n) is 5.17. The number of nitrogens with zero attached hydrogens (tertiary/aromatic N) is 2. The highest BCUT2D eigenvalue weighted by Gasteiger charge is 2.06. The minimum atomic E-state index is 0.441. The van der Waals surface area contributed by atoms with Gasteiger partial charge < -0.3 is 5.32 Å². The van der Waals surface area contributed by atoms with Gasteiger partial charge in [-0.1, -0.05) is 36.4 Å². The fourth-order valence-electron chi connectivity index (χ4n) is 2.45. The Labute approximate surface area is 119 Å². The van der Waals surface area contributed by atoms with Crippen LogP contribution in [0.3, 0.4) is 0 Å². The van der Waals surface area contributed by atoms with Gasteiger partial charge in [-0.2, -0.15) is 5.10 Å². The van der Waals surface area contributed by atoms with Crippen molar-refractivity contribution in [2.24, 2.45) is 0 Å². The summed E-state index contributed by atoms with van der Waals surface area (Å²) in [5.74, 6) is 0. The summed E-state index contributed by atoms with van der Waals surface area (Å²) in [5.41, 5.74) is 3.78. The smallest absolute Gasteiger partial charge is 0.0706 e. The van der Waals surface area contributed by atoms with Crippen LogP contribution in [0.15, 0.2) is 60.9 Å². The van der Waals surface area contributed by atoms with Crippen LogP contribution in [0.25, 0.3) is 5.52 Å². The Kier molecular flexibility index (Phi) is 3.79. The zero-order valence-corrected chi connectivity index (χ0v) is 11.7. The average molecular weight is 265 g/mol. The highest BCUT2D eigenvalue weighted by Crippen LogP contribution is 2.10. The molecule has 3 heteroatoms. The van der Waals surface area contributed by atoms with Crippen LogP contribution in [-0.4, -0.2) is 15.7 Å². The highest BCUT2D eigenvalue weighted by atomic mass is 15.2. The van der Waals surface area contributed by atoms with E-state index >= 15 is 0 Å². The molecule has 0 bridgehead atoms. The summed E-state index contributed by atoms with van der Waals surface area (Å²) in [6.07, 6.45) is 4.96. The van der Waals surface area contributed by atoms with Crippen LogP contribution in [0.2, 0.25) is 0 Å². The van der Waals surface area contributed by atoms with Gasteiger partial charge in [0.15, 0.2) is 0 Å². The first-order valence-electron chi connectivity index (χ1n) is 7.01. The minimum absolute atomic E-state index is 0.441. The Bertz CT molecular complexity index is 673. The number of nitrogens with one attached hydrogen (secondary N) is 1. The molecule has 0 spiro atoms. The molecule has 1 unspecified atom stereocenters. The van der Waals surface area contributed by atoms with Crippen LogP contribution < -0.4 is 5.32 Å². The van der Waals surface area contributed by atoms with Gasteiger partial charge in [-0.05, 0) is 31.0 Å². The molecule has 3 nitrogen and oxygen atoms in total. The second kappa shape index (κ2) is 5.88. The molecular weight excluding hydrogens is 246 g/mol. The molecule has 2 heterocycles. The molecule has 0 aliphatic carbocycles. The highest BCUT2D eigenvalue weighted by molar-refractivity contribution is 5.53. The van der Waals surface area contributed by atoms with Crippen molar-refractivity contribution in [3.63, 3.8) is 0 Å². The number of benzene rings is 1. The maximum atomic E-state index is 4.36.